The molecule has 0 spiro atoms. The van der Waals surface area contributed by atoms with E-state index >= 15 is 0 Å². The van der Waals surface area contributed by atoms with E-state index in [9.17, 15) is 27.2 Å². The minimum Gasteiger partial charge on any atom is -0.449 e. The van der Waals surface area contributed by atoms with Crippen LogP contribution in [0, 0.1) is 0 Å². The zero-order valence-electron chi connectivity index (χ0n) is 18.1. The second-order valence-electron chi connectivity index (χ2n) is 6.44. The number of hydrogen-bond acceptors (Lipinski definition) is 5. The van der Waals surface area contributed by atoms with Crippen molar-refractivity contribution in [2.24, 2.45) is 0 Å². The fourth-order valence-corrected chi connectivity index (χ4v) is 2.45. The van der Waals surface area contributed by atoms with Crippen molar-refractivity contribution < 1.29 is 41.4 Å². The van der Waals surface area contributed by atoms with Gasteiger partial charge in [0.05, 0.1) is 13.3 Å². The summed E-state index contributed by atoms with van der Waals surface area (Å²) in [5, 5.41) is 0. The summed E-state index contributed by atoms with van der Waals surface area (Å²) in [5.74, 6) is -3.46. The fourth-order valence-electron chi connectivity index (χ4n) is 2.45. The van der Waals surface area contributed by atoms with Crippen molar-refractivity contribution in [2.75, 3.05) is 13.3 Å². The molecule has 0 N–H and O–H groups in total. The van der Waals surface area contributed by atoms with Gasteiger partial charge < -0.3 is 14.2 Å². The number of halogens is 4. The highest BCUT2D eigenvalue weighted by Crippen LogP contribution is 2.40. The maximum Gasteiger partial charge on any atom is 0.395 e. The smallest absolute Gasteiger partial charge is 0.395 e. The Bertz CT molecular complexity index is 585. The molecule has 0 amide bonds. The third-order valence-electron chi connectivity index (χ3n) is 3.60. The summed E-state index contributed by atoms with van der Waals surface area (Å²) in [6.45, 7) is 14.4. The van der Waals surface area contributed by atoms with Crippen LogP contribution < -0.4 is 0 Å². The number of ether oxygens (including phenoxy) is 3. The molecule has 31 heavy (non-hydrogen) atoms. The molecule has 0 aliphatic rings. The maximum atomic E-state index is 14.1. The van der Waals surface area contributed by atoms with E-state index in [1.54, 1.807) is 0 Å². The first kappa shape index (κ1) is 30.8. The lowest BCUT2D eigenvalue weighted by molar-refractivity contribution is -0.331. The highest BCUT2D eigenvalue weighted by molar-refractivity contribution is 5.67. The lowest BCUT2D eigenvalue weighted by atomic mass is 9.93. The van der Waals surface area contributed by atoms with Crippen LogP contribution >= 0.6 is 0 Å². The van der Waals surface area contributed by atoms with E-state index < -0.39 is 42.8 Å². The van der Waals surface area contributed by atoms with Gasteiger partial charge in [0.2, 0.25) is 5.60 Å². The molecule has 5 nitrogen and oxygen atoms in total. The molecular formula is C22H32F4O5. The van der Waals surface area contributed by atoms with Gasteiger partial charge in [0, 0.05) is 39.5 Å². The highest BCUT2D eigenvalue weighted by atomic mass is 19.3. The van der Waals surface area contributed by atoms with E-state index in [2.05, 4.69) is 35.8 Å². The summed E-state index contributed by atoms with van der Waals surface area (Å²) >= 11 is 0. The Labute approximate surface area is 181 Å². The predicted octanol–water partition coefficient (Wildman–Crippen LogP) is 5.78. The lowest BCUT2D eigenvalue weighted by Crippen LogP contribution is -2.52. The SMILES string of the molecule is C=CCC(CC=C)(OC(C)=O)C(F)(F)OCCCF.C=CCC(F)(CC=C)OC(C)=O. The molecule has 0 aromatic heterocycles. The Hall–Kier alpha value is -2.42. The van der Waals surface area contributed by atoms with Gasteiger partial charge in [-0.05, 0) is 6.42 Å². The first-order valence-electron chi connectivity index (χ1n) is 9.48. The molecule has 0 bridgehead atoms. The molecule has 0 rings (SSSR count). The van der Waals surface area contributed by atoms with Gasteiger partial charge in [-0.15, -0.1) is 26.3 Å². The molecule has 0 saturated heterocycles. The summed E-state index contributed by atoms with van der Waals surface area (Å²) in [5.41, 5.74) is -2.20. The Morgan fingerprint density at radius 1 is 0.806 bits per heavy atom. The zero-order chi connectivity index (χ0) is 24.6. The van der Waals surface area contributed by atoms with Crippen LogP contribution in [0.5, 0.6) is 0 Å². The summed E-state index contributed by atoms with van der Waals surface area (Å²) in [7, 11) is 0. The van der Waals surface area contributed by atoms with Gasteiger partial charge in [-0.2, -0.15) is 13.2 Å². The number of hydrogen-bond donors (Lipinski definition) is 0. The van der Waals surface area contributed by atoms with Gasteiger partial charge in [0.25, 0.3) is 5.85 Å². The van der Waals surface area contributed by atoms with Crippen LogP contribution in [0.2, 0.25) is 0 Å². The highest BCUT2D eigenvalue weighted by Gasteiger charge is 2.56. The third kappa shape index (κ3) is 12.1. The first-order valence-corrected chi connectivity index (χ1v) is 9.48. The van der Waals surface area contributed by atoms with Crippen LogP contribution in [0.3, 0.4) is 0 Å². The van der Waals surface area contributed by atoms with E-state index in [1.807, 2.05) is 0 Å². The number of alkyl halides is 4. The Morgan fingerprint density at radius 3 is 1.55 bits per heavy atom. The molecular weight excluding hydrogens is 420 g/mol. The van der Waals surface area contributed by atoms with Crippen LogP contribution in [-0.2, 0) is 23.8 Å². The van der Waals surface area contributed by atoms with Crippen molar-refractivity contribution in [3.8, 4) is 0 Å². The molecule has 178 valence electrons. The van der Waals surface area contributed by atoms with Crippen LogP contribution in [0.1, 0.15) is 46.0 Å². The monoisotopic (exact) mass is 452 g/mol. The first-order chi connectivity index (χ1) is 14.4. The molecule has 0 aromatic carbocycles. The zero-order valence-corrected chi connectivity index (χ0v) is 18.1. The molecule has 0 aromatic rings. The van der Waals surface area contributed by atoms with Gasteiger partial charge in [0.15, 0.2) is 0 Å². The van der Waals surface area contributed by atoms with Gasteiger partial charge >= 0.3 is 18.0 Å². The van der Waals surface area contributed by atoms with E-state index in [-0.39, 0.29) is 32.1 Å². The molecule has 0 radical (unpaired) electrons. The van der Waals surface area contributed by atoms with Crippen LogP contribution in [0.15, 0.2) is 50.6 Å². The quantitative estimate of drug-likeness (QED) is 0.136. The molecule has 0 heterocycles. The topological polar surface area (TPSA) is 61.8 Å². The van der Waals surface area contributed by atoms with Crippen molar-refractivity contribution in [3.63, 3.8) is 0 Å². The second kappa shape index (κ2) is 15.4. The van der Waals surface area contributed by atoms with Gasteiger partial charge in [-0.1, -0.05) is 24.3 Å². The van der Waals surface area contributed by atoms with E-state index in [0.29, 0.717) is 0 Å². The van der Waals surface area contributed by atoms with E-state index in [4.69, 9.17) is 4.74 Å². The minimum atomic E-state index is -3.75. The Balaban J connectivity index is 0. The molecule has 0 aliphatic carbocycles. The van der Waals surface area contributed by atoms with E-state index in [0.717, 1.165) is 6.92 Å². The van der Waals surface area contributed by atoms with Crippen molar-refractivity contribution in [2.45, 2.75) is 63.5 Å². The van der Waals surface area contributed by atoms with Crippen molar-refractivity contribution in [1.29, 1.82) is 0 Å². The van der Waals surface area contributed by atoms with Crippen molar-refractivity contribution in [3.05, 3.63) is 50.6 Å². The molecule has 0 aliphatic heterocycles. The predicted molar refractivity (Wildman–Crippen MR) is 111 cm³/mol. The maximum absolute atomic E-state index is 14.1. The third-order valence-corrected chi connectivity index (χ3v) is 3.60. The average Bonchev–Trinajstić information content (AvgIpc) is 2.61. The normalized spacial score (nSPS) is 11.4. The summed E-state index contributed by atoms with van der Waals surface area (Å²) in [6, 6.07) is 0. The molecule has 0 atom stereocenters. The fraction of sp³-hybridized carbons (Fsp3) is 0.545. The number of carbonyl (C=O) groups is 2. The average molecular weight is 452 g/mol. The van der Waals surface area contributed by atoms with E-state index in [1.165, 1.54) is 31.2 Å². The van der Waals surface area contributed by atoms with Crippen LogP contribution in [0.4, 0.5) is 17.6 Å². The van der Waals surface area contributed by atoms with Crippen molar-refractivity contribution >= 4 is 11.9 Å². The van der Waals surface area contributed by atoms with Crippen molar-refractivity contribution in [1.82, 2.24) is 0 Å². The Kier molecular flexibility index (Phi) is 15.3. The summed E-state index contributed by atoms with van der Waals surface area (Å²) in [4.78, 5) is 21.5. The molecule has 0 fully saturated rings. The number of carbonyl (C=O) groups excluding carboxylic acids is 2. The Morgan fingerprint density at radius 2 is 1.23 bits per heavy atom. The largest absolute Gasteiger partial charge is 0.449 e. The van der Waals surface area contributed by atoms with Gasteiger partial charge in [-0.3, -0.25) is 14.0 Å². The second-order valence-corrected chi connectivity index (χ2v) is 6.44. The molecule has 0 saturated carbocycles. The van der Waals surface area contributed by atoms with Gasteiger partial charge in [-0.25, -0.2) is 0 Å². The van der Waals surface area contributed by atoms with Crippen LogP contribution in [0.25, 0.3) is 0 Å². The molecule has 0 unspecified atom stereocenters. The number of rotatable bonds is 15. The molecule has 9 heteroatoms. The number of esters is 2. The lowest BCUT2D eigenvalue weighted by Gasteiger charge is -2.37. The van der Waals surface area contributed by atoms with Gasteiger partial charge in [0.1, 0.15) is 0 Å². The standard InChI is InChI=1S/C13H19F3O3.C9H13FO2/c1-4-7-12(8-5-2,19-11(3)17)13(15,16)18-10-6-9-14;1-4-6-9(10,7-5-2)12-8(3)11/h4-5H,1-2,6-10H2,3H3;4-5H,1-2,6-7H2,3H3. The van der Waals surface area contributed by atoms with Crippen LogP contribution in [-0.4, -0.2) is 42.8 Å². The minimum absolute atomic E-state index is 0.0153. The summed E-state index contributed by atoms with van der Waals surface area (Å²) < 4.78 is 67.2. The summed E-state index contributed by atoms with van der Waals surface area (Å²) in [6.07, 6.45) is 0.598.